The van der Waals surface area contributed by atoms with Gasteiger partial charge in [0.1, 0.15) is 5.75 Å². The summed E-state index contributed by atoms with van der Waals surface area (Å²) in [5, 5.41) is 2.74. The van der Waals surface area contributed by atoms with Crippen molar-refractivity contribution in [3.05, 3.63) is 23.8 Å². The Morgan fingerprint density at radius 3 is 3.15 bits per heavy atom. The molecule has 0 aliphatic carbocycles. The van der Waals surface area contributed by atoms with Crippen molar-refractivity contribution in [3.8, 4) is 5.75 Å². The smallest absolute Gasteiger partial charge is 0.221 e. The van der Waals surface area contributed by atoms with Gasteiger partial charge in [0.25, 0.3) is 0 Å². The lowest BCUT2D eigenvalue weighted by Crippen LogP contribution is -2.05. The minimum atomic E-state index is -0.0427. The van der Waals surface area contributed by atoms with Crippen molar-refractivity contribution in [3.63, 3.8) is 0 Å². The second-order valence-electron chi connectivity index (χ2n) is 3.10. The van der Waals surface area contributed by atoms with Gasteiger partial charge < -0.3 is 10.1 Å². The number of anilines is 1. The van der Waals surface area contributed by atoms with Crippen LogP contribution in [-0.2, 0) is 11.2 Å². The molecule has 1 N–H and O–H groups in total. The van der Waals surface area contributed by atoms with Crippen LogP contribution in [0.4, 0.5) is 5.69 Å². The van der Waals surface area contributed by atoms with Crippen LogP contribution in [0.5, 0.6) is 5.75 Å². The molecule has 0 fully saturated rings. The minimum Gasteiger partial charge on any atom is -0.493 e. The fourth-order valence-corrected chi connectivity index (χ4v) is 1.47. The predicted octanol–water partition coefficient (Wildman–Crippen LogP) is 1.58. The summed E-state index contributed by atoms with van der Waals surface area (Å²) >= 11 is 0. The highest BCUT2D eigenvalue weighted by Crippen LogP contribution is 2.27. The van der Waals surface area contributed by atoms with E-state index in [1.807, 2.05) is 18.2 Å². The molecular formula is C10H11NO2. The van der Waals surface area contributed by atoms with Crippen LogP contribution >= 0.6 is 0 Å². The van der Waals surface area contributed by atoms with Gasteiger partial charge in [-0.1, -0.05) is 0 Å². The maximum Gasteiger partial charge on any atom is 0.221 e. The minimum absolute atomic E-state index is 0.0427. The average Bonchev–Trinajstić information content (AvgIpc) is 2.49. The Balaban J connectivity index is 2.25. The molecule has 0 unspecified atom stereocenters. The monoisotopic (exact) mass is 177 g/mol. The quantitative estimate of drug-likeness (QED) is 0.707. The van der Waals surface area contributed by atoms with Crippen LogP contribution in [0.1, 0.15) is 12.5 Å². The van der Waals surface area contributed by atoms with E-state index in [0.29, 0.717) is 0 Å². The molecule has 0 bridgehead atoms. The van der Waals surface area contributed by atoms with Crippen molar-refractivity contribution in [2.75, 3.05) is 11.9 Å². The molecule has 68 valence electrons. The SMILES string of the molecule is CC(=O)Nc1ccc2c(c1)CCO2. The molecule has 13 heavy (non-hydrogen) atoms. The molecule has 1 aliphatic rings. The second-order valence-corrected chi connectivity index (χ2v) is 3.10. The topological polar surface area (TPSA) is 38.3 Å². The Bertz CT molecular complexity index is 347. The number of benzene rings is 1. The number of carbonyl (C=O) groups is 1. The van der Waals surface area contributed by atoms with Gasteiger partial charge in [0.2, 0.25) is 5.91 Å². The zero-order chi connectivity index (χ0) is 9.26. The first kappa shape index (κ1) is 8.10. The van der Waals surface area contributed by atoms with E-state index >= 15 is 0 Å². The molecule has 0 spiro atoms. The highest BCUT2D eigenvalue weighted by atomic mass is 16.5. The molecule has 0 atom stereocenters. The van der Waals surface area contributed by atoms with Crippen molar-refractivity contribution in [2.24, 2.45) is 0 Å². The number of rotatable bonds is 1. The predicted molar refractivity (Wildman–Crippen MR) is 49.9 cm³/mol. The van der Waals surface area contributed by atoms with Crippen molar-refractivity contribution >= 4 is 11.6 Å². The van der Waals surface area contributed by atoms with Gasteiger partial charge in [0, 0.05) is 19.0 Å². The molecule has 1 amide bonds. The van der Waals surface area contributed by atoms with Crippen molar-refractivity contribution < 1.29 is 9.53 Å². The van der Waals surface area contributed by atoms with Gasteiger partial charge in [0.05, 0.1) is 6.61 Å². The molecule has 0 saturated carbocycles. The Hall–Kier alpha value is -1.51. The summed E-state index contributed by atoms with van der Waals surface area (Å²) in [5.74, 6) is 0.896. The molecule has 1 aromatic rings. The van der Waals surface area contributed by atoms with Gasteiger partial charge in [-0.2, -0.15) is 0 Å². The van der Waals surface area contributed by atoms with Crippen LogP contribution < -0.4 is 10.1 Å². The van der Waals surface area contributed by atoms with Crippen LogP contribution in [0.3, 0.4) is 0 Å². The molecule has 3 heteroatoms. The highest BCUT2D eigenvalue weighted by Gasteiger charge is 2.11. The fraction of sp³-hybridized carbons (Fsp3) is 0.300. The van der Waals surface area contributed by atoms with Crippen LogP contribution in [0.25, 0.3) is 0 Å². The summed E-state index contributed by atoms with van der Waals surface area (Å²) in [6.45, 7) is 2.25. The van der Waals surface area contributed by atoms with Crippen molar-refractivity contribution in [1.82, 2.24) is 0 Å². The summed E-state index contributed by atoms with van der Waals surface area (Å²) in [4.78, 5) is 10.8. The number of hydrogen-bond donors (Lipinski definition) is 1. The Morgan fingerprint density at radius 2 is 2.38 bits per heavy atom. The van der Waals surface area contributed by atoms with E-state index in [1.54, 1.807) is 0 Å². The number of fused-ring (bicyclic) bond motifs is 1. The van der Waals surface area contributed by atoms with E-state index in [-0.39, 0.29) is 5.91 Å². The Morgan fingerprint density at radius 1 is 1.54 bits per heavy atom. The van der Waals surface area contributed by atoms with Crippen LogP contribution in [-0.4, -0.2) is 12.5 Å². The second kappa shape index (κ2) is 3.09. The standard InChI is InChI=1S/C10H11NO2/c1-7(12)11-9-2-3-10-8(6-9)4-5-13-10/h2-3,6H,4-5H2,1H3,(H,11,12). The van der Waals surface area contributed by atoms with Gasteiger partial charge in [-0.25, -0.2) is 0 Å². The van der Waals surface area contributed by atoms with Crippen molar-refractivity contribution in [1.29, 1.82) is 0 Å². The zero-order valence-electron chi connectivity index (χ0n) is 7.46. The first-order valence-corrected chi connectivity index (χ1v) is 4.29. The van der Waals surface area contributed by atoms with Gasteiger partial charge >= 0.3 is 0 Å². The molecule has 0 radical (unpaired) electrons. The number of amides is 1. The van der Waals surface area contributed by atoms with E-state index in [1.165, 1.54) is 12.5 Å². The third-order valence-corrected chi connectivity index (χ3v) is 2.01. The lowest BCUT2D eigenvalue weighted by molar-refractivity contribution is -0.114. The number of ether oxygens (including phenoxy) is 1. The lowest BCUT2D eigenvalue weighted by Gasteiger charge is -2.03. The summed E-state index contributed by atoms with van der Waals surface area (Å²) in [6.07, 6.45) is 0.933. The van der Waals surface area contributed by atoms with E-state index < -0.39 is 0 Å². The molecule has 1 aromatic carbocycles. The van der Waals surface area contributed by atoms with Gasteiger partial charge in [-0.3, -0.25) is 4.79 Å². The normalized spacial score (nSPS) is 13.3. The molecule has 0 aromatic heterocycles. The third-order valence-electron chi connectivity index (χ3n) is 2.01. The summed E-state index contributed by atoms with van der Waals surface area (Å²) in [6, 6.07) is 5.71. The first-order chi connectivity index (χ1) is 6.25. The van der Waals surface area contributed by atoms with E-state index in [0.717, 1.165) is 24.5 Å². The lowest BCUT2D eigenvalue weighted by atomic mass is 10.1. The molecule has 1 aliphatic heterocycles. The van der Waals surface area contributed by atoms with Gasteiger partial charge in [-0.05, 0) is 23.8 Å². The van der Waals surface area contributed by atoms with Gasteiger partial charge in [0.15, 0.2) is 0 Å². The molecule has 3 nitrogen and oxygen atoms in total. The van der Waals surface area contributed by atoms with Crippen LogP contribution in [0, 0.1) is 0 Å². The zero-order valence-corrected chi connectivity index (χ0v) is 7.46. The summed E-state index contributed by atoms with van der Waals surface area (Å²) in [5.41, 5.74) is 2.02. The summed E-state index contributed by atoms with van der Waals surface area (Å²) < 4.78 is 5.35. The molecular weight excluding hydrogens is 166 g/mol. The van der Waals surface area contributed by atoms with Crippen LogP contribution in [0.15, 0.2) is 18.2 Å². The van der Waals surface area contributed by atoms with Crippen molar-refractivity contribution in [2.45, 2.75) is 13.3 Å². The maximum atomic E-state index is 10.8. The highest BCUT2D eigenvalue weighted by molar-refractivity contribution is 5.88. The molecule has 2 rings (SSSR count). The number of carbonyl (C=O) groups excluding carboxylic acids is 1. The summed E-state index contributed by atoms with van der Waals surface area (Å²) in [7, 11) is 0. The van der Waals surface area contributed by atoms with Gasteiger partial charge in [-0.15, -0.1) is 0 Å². The third kappa shape index (κ3) is 1.64. The largest absolute Gasteiger partial charge is 0.493 e. The number of hydrogen-bond acceptors (Lipinski definition) is 2. The Kier molecular flexibility index (Phi) is 1.93. The average molecular weight is 177 g/mol. The Labute approximate surface area is 76.7 Å². The molecule has 1 heterocycles. The number of nitrogens with one attached hydrogen (secondary N) is 1. The molecule has 0 saturated heterocycles. The van der Waals surface area contributed by atoms with E-state index in [4.69, 9.17) is 4.74 Å². The van der Waals surface area contributed by atoms with E-state index in [9.17, 15) is 4.79 Å². The van der Waals surface area contributed by atoms with Crippen LogP contribution in [0.2, 0.25) is 0 Å². The van der Waals surface area contributed by atoms with E-state index in [2.05, 4.69) is 5.32 Å². The maximum absolute atomic E-state index is 10.8. The fourth-order valence-electron chi connectivity index (χ4n) is 1.47. The first-order valence-electron chi connectivity index (χ1n) is 4.29.